The second-order valence-corrected chi connectivity index (χ2v) is 10.0. The smallest absolute Gasteiger partial charge is 0.212 e. The number of carbonyl (C=O) groups excluding carboxylic acids is 1. The maximum absolute atomic E-state index is 12.7. The van der Waals surface area contributed by atoms with Crippen LogP contribution in [0.5, 0.6) is 0 Å². The third kappa shape index (κ3) is 2.76. The molecule has 2 saturated carbocycles. The summed E-state index contributed by atoms with van der Waals surface area (Å²) in [6, 6.07) is 0.302. The number of rotatable bonds is 6. The van der Waals surface area contributed by atoms with Gasteiger partial charge in [-0.25, -0.2) is 13.1 Å². The van der Waals surface area contributed by atoms with Crippen LogP contribution in [0.25, 0.3) is 0 Å². The number of fused-ring (bicyclic) bond motifs is 2. The standard InChI is InChI=1S/C17H30N2O3S/c1-4-19-9-5-6-14(19)11-18-23(21,22)12-17-8-7-13(10-15(17)20)16(17,2)3/h13-14,18H,4-12H2,1-3H3/t13-,14+,17-/m0/s1. The summed E-state index contributed by atoms with van der Waals surface area (Å²) < 4.78 is 28.2. The van der Waals surface area contributed by atoms with Crippen molar-refractivity contribution in [1.29, 1.82) is 0 Å². The lowest BCUT2D eigenvalue weighted by Crippen LogP contribution is -2.47. The zero-order valence-electron chi connectivity index (χ0n) is 14.6. The molecular formula is C17H30N2O3S. The molecule has 5 nitrogen and oxygen atoms in total. The topological polar surface area (TPSA) is 66.5 Å². The maximum Gasteiger partial charge on any atom is 0.212 e. The van der Waals surface area contributed by atoms with Crippen molar-refractivity contribution in [2.75, 3.05) is 25.4 Å². The van der Waals surface area contributed by atoms with Crippen molar-refractivity contribution < 1.29 is 13.2 Å². The average molecular weight is 343 g/mol. The summed E-state index contributed by atoms with van der Waals surface area (Å²) in [6.07, 6.45) is 4.47. The van der Waals surface area contributed by atoms with E-state index in [0.29, 0.717) is 24.9 Å². The number of likely N-dealkylation sites (tertiary alicyclic amines) is 1. The van der Waals surface area contributed by atoms with Crippen LogP contribution in [0.2, 0.25) is 0 Å². The van der Waals surface area contributed by atoms with E-state index in [9.17, 15) is 13.2 Å². The van der Waals surface area contributed by atoms with E-state index in [4.69, 9.17) is 0 Å². The van der Waals surface area contributed by atoms with Gasteiger partial charge in [-0.2, -0.15) is 0 Å². The molecule has 0 unspecified atom stereocenters. The van der Waals surface area contributed by atoms with Gasteiger partial charge in [0.25, 0.3) is 0 Å². The number of carbonyl (C=O) groups is 1. The summed E-state index contributed by atoms with van der Waals surface area (Å²) in [4.78, 5) is 14.8. The number of likely N-dealkylation sites (N-methyl/N-ethyl adjacent to an activating group) is 1. The van der Waals surface area contributed by atoms with Gasteiger partial charge in [0, 0.05) is 24.4 Å². The Bertz CT molecular complexity index is 587. The molecule has 2 bridgehead atoms. The Morgan fingerprint density at radius 1 is 1.30 bits per heavy atom. The van der Waals surface area contributed by atoms with Crippen molar-refractivity contribution in [3.05, 3.63) is 0 Å². The van der Waals surface area contributed by atoms with Gasteiger partial charge in [-0.3, -0.25) is 9.69 Å². The van der Waals surface area contributed by atoms with Crippen LogP contribution in [0, 0.1) is 16.7 Å². The first-order valence-electron chi connectivity index (χ1n) is 8.96. The van der Waals surface area contributed by atoms with Crippen molar-refractivity contribution in [2.24, 2.45) is 16.7 Å². The highest BCUT2D eigenvalue weighted by atomic mass is 32.2. The quantitative estimate of drug-likeness (QED) is 0.799. The number of Topliss-reactive ketones (excluding diaryl/α,β-unsaturated/α-hetero) is 1. The minimum absolute atomic E-state index is 0.0266. The number of nitrogens with one attached hydrogen (secondary N) is 1. The van der Waals surface area contributed by atoms with E-state index in [2.05, 4.69) is 30.4 Å². The molecule has 3 atom stereocenters. The first-order chi connectivity index (χ1) is 10.7. The Hall–Kier alpha value is -0.460. The van der Waals surface area contributed by atoms with E-state index in [-0.39, 0.29) is 17.0 Å². The number of nitrogens with zero attached hydrogens (tertiary/aromatic N) is 1. The highest BCUT2D eigenvalue weighted by molar-refractivity contribution is 7.89. The van der Waals surface area contributed by atoms with Crippen LogP contribution in [0.4, 0.5) is 0 Å². The highest BCUT2D eigenvalue weighted by Gasteiger charge is 2.65. The number of hydrogen-bond donors (Lipinski definition) is 1. The summed E-state index contributed by atoms with van der Waals surface area (Å²) in [5, 5.41) is 0. The van der Waals surface area contributed by atoms with Crippen molar-refractivity contribution >= 4 is 15.8 Å². The van der Waals surface area contributed by atoms with Gasteiger partial charge in [0.05, 0.1) is 5.75 Å². The number of sulfonamides is 1. The van der Waals surface area contributed by atoms with Crippen LogP contribution in [0.3, 0.4) is 0 Å². The van der Waals surface area contributed by atoms with E-state index in [1.54, 1.807) is 0 Å². The molecule has 23 heavy (non-hydrogen) atoms. The second kappa shape index (κ2) is 5.81. The molecule has 2 aliphatic carbocycles. The van der Waals surface area contributed by atoms with Crippen molar-refractivity contribution in [3.63, 3.8) is 0 Å². The lowest BCUT2D eigenvalue weighted by molar-refractivity contribution is -0.128. The van der Waals surface area contributed by atoms with E-state index in [1.165, 1.54) is 0 Å². The fourth-order valence-electron chi connectivity index (χ4n) is 5.25. The largest absolute Gasteiger partial charge is 0.299 e. The van der Waals surface area contributed by atoms with Crippen LogP contribution < -0.4 is 4.72 Å². The fourth-order valence-corrected chi connectivity index (χ4v) is 7.12. The second-order valence-electron chi connectivity index (χ2n) is 8.20. The molecular weight excluding hydrogens is 312 g/mol. The van der Waals surface area contributed by atoms with Crippen LogP contribution in [0.1, 0.15) is 52.9 Å². The van der Waals surface area contributed by atoms with Gasteiger partial charge in [0.2, 0.25) is 10.0 Å². The Morgan fingerprint density at radius 2 is 2.04 bits per heavy atom. The van der Waals surface area contributed by atoms with Crippen LogP contribution >= 0.6 is 0 Å². The van der Waals surface area contributed by atoms with Gasteiger partial charge in [0.15, 0.2) is 0 Å². The first kappa shape index (κ1) is 17.4. The predicted molar refractivity (Wildman–Crippen MR) is 90.6 cm³/mol. The summed E-state index contributed by atoms with van der Waals surface area (Å²) in [7, 11) is -3.43. The molecule has 3 fully saturated rings. The molecule has 1 N–H and O–H groups in total. The van der Waals surface area contributed by atoms with E-state index in [0.717, 1.165) is 38.8 Å². The maximum atomic E-state index is 12.7. The minimum Gasteiger partial charge on any atom is -0.299 e. The van der Waals surface area contributed by atoms with Crippen molar-refractivity contribution in [1.82, 2.24) is 9.62 Å². The summed E-state index contributed by atoms with van der Waals surface area (Å²) >= 11 is 0. The van der Waals surface area contributed by atoms with Gasteiger partial charge < -0.3 is 0 Å². The van der Waals surface area contributed by atoms with Gasteiger partial charge >= 0.3 is 0 Å². The first-order valence-corrected chi connectivity index (χ1v) is 10.6. The number of hydrogen-bond acceptors (Lipinski definition) is 4. The van der Waals surface area contributed by atoms with Crippen LogP contribution in [-0.2, 0) is 14.8 Å². The Labute approximate surface area is 140 Å². The zero-order chi connectivity index (χ0) is 16.9. The summed E-state index contributed by atoms with van der Waals surface area (Å²) in [6.45, 7) is 8.78. The average Bonchev–Trinajstić information content (AvgIpc) is 3.07. The van der Waals surface area contributed by atoms with E-state index in [1.807, 2.05) is 0 Å². The predicted octanol–water partition coefficient (Wildman–Crippen LogP) is 1.79. The fraction of sp³-hybridized carbons (Fsp3) is 0.941. The molecule has 3 rings (SSSR count). The third-order valence-electron chi connectivity index (χ3n) is 7.02. The molecule has 0 aromatic carbocycles. The van der Waals surface area contributed by atoms with Crippen molar-refractivity contribution in [3.8, 4) is 0 Å². The molecule has 6 heteroatoms. The molecule has 3 aliphatic rings. The van der Waals surface area contributed by atoms with Crippen LogP contribution in [0.15, 0.2) is 0 Å². The highest BCUT2D eigenvalue weighted by Crippen LogP contribution is 2.64. The molecule has 1 aliphatic heterocycles. The van der Waals surface area contributed by atoms with Gasteiger partial charge in [-0.05, 0) is 50.1 Å². The summed E-state index contributed by atoms with van der Waals surface area (Å²) in [5.41, 5.74) is -0.856. The molecule has 132 valence electrons. The Morgan fingerprint density at radius 3 is 2.61 bits per heavy atom. The Kier molecular flexibility index (Phi) is 4.39. The third-order valence-corrected chi connectivity index (χ3v) is 8.50. The Balaban J connectivity index is 1.68. The van der Waals surface area contributed by atoms with Gasteiger partial charge in [0.1, 0.15) is 5.78 Å². The minimum atomic E-state index is -3.43. The van der Waals surface area contributed by atoms with Gasteiger partial charge in [-0.15, -0.1) is 0 Å². The zero-order valence-corrected chi connectivity index (χ0v) is 15.4. The molecule has 0 spiro atoms. The lowest BCUT2D eigenvalue weighted by atomic mass is 9.70. The van der Waals surface area contributed by atoms with E-state index < -0.39 is 15.4 Å². The van der Waals surface area contributed by atoms with Gasteiger partial charge in [-0.1, -0.05) is 20.8 Å². The monoisotopic (exact) mass is 342 g/mol. The lowest BCUT2D eigenvalue weighted by Gasteiger charge is -2.36. The summed E-state index contributed by atoms with van der Waals surface area (Å²) in [5.74, 6) is 0.497. The van der Waals surface area contributed by atoms with Crippen LogP contribution in [-0.4, -0.2) is 50.5 Å². The molecule has 0 radical (unpaired) electrons. The molecule has 1 saturated heterocycles. The molecule has 1 heterocycles. The molecule has 0 aromatic rings. The SMILES string of the molecule is CCN1CCC[C@@H]1CNS(=O)(=O)C[C@@]12CC[C@@H](CC1=O)C2(C)C. The molecule has 0 aromatic heterocycles. The molecule has 0 amide bonds. The van der Waals surface area contributed by atoms with Crippen molar-refractivity contribution in [2.45, 2.75) is 58.9 Å². The van der Waals surface area contributed by atoms with E-state index >= 15 is 0 Å². The normalized spacial score (nSPS) is 36.9. The number of ketones is 1.